The predicted molar refractivity (Wildman–Crippen MR) is 98.0 cm³/mol. The number of hydrogen-bond acceptors (Lipinski definition) is 5. The number of aromatic nitrogens is 2. The van der Waals surface area contributed by atoms with Gasteiger partial charge >= 0.3 is 0 Å². The average molecular weight is 355 g/mol. The van der Waals surface area contributed by atoms with Crippen LogP contribution in [0.4, 0.5) is 0 Å². The number of para-hydroxylation sites is 1. The first kappa shape index (κ1) is 17.1. The number of aryl methyl sites for hydroxylation is 1. The summed E-state index contributed by atoms with van der Waals surface area (Å²) in [5, 5.41) is 6.43. The Bertz CT molecular complexity index is 750. The van der Waals surface area contributed by atoms with Crippen LogP contribution in [0.1, 0.15) is 17.4 Å². The molecule has 2 N–H and O–H groups in total. The molecule has 1 saturated heterocycles. The van der Waals surface area contributed by atoms with E-state index in [2.05, 4.69) is 26.6 Å². The summed E-state index contributed by atoms with van der Waals surface area (Å²) in [4.78, 5) is 19.1. The highest BCUT2D eigenvalue weighted by Crippen LogP contribution is 2.27. The predicted octanol–water partition coefficient (Wildman–Crippen LogP) is 0.486. The molecule has 1 aromatic carbocycles. The third-order valence-corrected chi connectivity index (χ3v) is 5.10. The highest BCUT2D eigenvalue weighted by molar-refractivity contribution is 5.78. The Kier molecular flexibility index (Phi) is 4.90. The molecule has 0 bridgehead atoms. The molecule has 2 aliphatic rings. The van der Waals surface area contributed by atoms with Crippen LogP contribution in [0, 0.1) is 0 Å². The van der Waals surface area contributed by atoms with E-state index in [1.165, 1.54) is 5.56 Å². The van der Waals surface area contributed by atoms with E-state index in [0.717, 1.165) is 37.6 Å². The first-order valence-corrected chi connectivity index (χ1v) is 9.14. The highest BCUT2D eigenvalue weighted by atomic mass is 16.5. The molecule has 7 heteroatoms. The first-order valence-electron chi connectivity index (χ1n) is 9.14. The minimum atomic E-state index is 0.0182. The van der Waals surface area contributed by atoms with Crippen molar-refractivity contribution in [2.24, 2.45) is 7.05 Å². The molecular formula is C19H25N5O2. The number of amides is 1. The Labute approximate surface area is 153 Å². The topological polar surface area (TPSA) is 71.4 Å². The van der Waals surface area contributed by atoms with Gasteiger partial charge in [-0.05, 0) is 11.6 Å². The van der Waals surface area contributed by atoms with Gasteiger partial charge in [-0.3, -0.25) is 9.69 Å². The van der Waals surface area contributed by atoms with Gasteiger partial charge < -0.3 is 19.9 Å². The zero-order valence-corrected chi connectivity index (χ0v) is 15.0. The number of carbonyl (C=O) groups excluding carboxylic acids is 1. The quantitative estimate of drug-likeness (QED) is 0.817. The molecule has 2 aliphatic heterocycles. The van der Waals surface area contributed by atoms with Gasteiger partial charge in [0.05, 0.1) is 19.1 Å². The third-order valence-electron chi connectivity index (χ3n) is 5.10. The monoisotopic (exact) mass is 355 g/mol. The minimum absolute atomic E-state index is 0.0182. The molecular weight excluding hydrogens is 330 g/mol. The zero-order valence-electron chi connectivity index (χ0n) is 15.0. The van der Waals surface area contributed by atoms with E-state index >= 15 is 0 Å². The van der Waals surface area contributed by atoms with E-state index in [1.54, 1.807) is 6.20 Å². The van der Waals surface area contributed by atoms with Gasteiger partial charge in [0.2, 0.25) is 5.91 Å². The van der Waals surface area contributed by atoms with E-state index in [-0.39, 0.29) is 18.1 Å². The number of rotatable bonds is 5. The summed E-state index contributed by atoms with van der Waals surface area (Å²) in [7, 11) is 1.99. The van der Waals surface area contributed by atoms with Crippen molar-refractivity contribution < 1.29 is 9.53 Å². The zero-order chi connectivity index (χ0) is 17.9. The van der Waals surface area contributed by atoms with Gasteiger partial charge in [0.15, 0.2) is 0 Å². The number of hydrogen-bond donors (Lipinski definition) is 2. The van der Waals surface area contributed by atoms with E-state index in [9.17, 15) is 4.79 Å². The maximum atomic E-state index is 12.5. The Morgan fingerprint density at radius 1 is 1.42 bits per heavy atom. The third kappa shape index (κ3) is 3.59. The number of nitrogens with one attached hydrogen (secondary N) is 2. The van der Waals surface area contributed by atoms with Gasteiger partial charge in [-0.2, -0.15) is 0 Å². The number of benzene rings is 1. The fourth-order valence-corrected chi connectivity index (χ4v) is 3.72. The lowest BCUT2D eigenvalue weighted by Gasteiger charge is -2.35. The van der Waals surface area contributed by atoms with E-state index in [1.807, 2.05) is 36.0 Å². The lowest BCUT2D eigenvalue weighted by atomic mass is 10.1. The molecule has 7 nitrogen and oxygen atoms in total. The van der Waals surface area contributed by atoms with Gasteiger partial charge in [-0.15, -0.1) is 0 Å². The SMILES string of the molecule is Cn1ccnc1C1CNCCN1CC(=O)NCC1Cc2ccccc2O1. The van der Waals surface area contributed by atoms with Crippen LogP contribution in [-0.4, -0.2) is 59.2 Å². The van der Waals surface area contributed by atoms with Crippen LogP contribution in [0.25, 0.3) is 0 Å². The minimum Gasteiger partial charge on any atom is -0.488 e. The van der Waals surface area contributed by atoms with Crippen molar-refractivity contribution in [1.29, 1.82) is 0 Å². The van der Waals surface area contributed by atoms with Crippen molar-refractivity contribution >= 4 is 5.91 Å². The molecule has 0 saturated carbocycles. The van der Waals surface area contributed by atoms with E-state index in [0.29, 0.717) is 13.1 Å². The van der Waals surface area contributed by atoms with Crippen molar-refractivity contribution in [1.82, 2.24) is 25.1 Å². The largest absolute Gasteiger partial charge is 0.488 e. The number of imidazole rings is 1. The molecule has 0 spiro atoms. The molecule has 0 radical (unpaired) electrons. The summed E-state index contributed by atoms with van der Waals surface area (Å²) in [6.45, 7) is 3.43. The van der Waals surface area contributed by atoms with Crippen molar-refractivity contribution in [3.63, 3.8) is 0 Å². The lowest BCUT2D eigenvalue weighted by Crippen LogP contribution is -2.50. The molecule has 3 heterocycles. The standard InChI is InChI=1S/C19H25N5O2/c1-23-8-7-21-19(23)16-12-20-6-9-24(16)13-18(25)22-11-15-10-14-4-2-3-5-17(14)26-15/h2-5,7-8,15-16,20H,6,9-13H2,1H3,(H,22,25). The van der Waals surface area contributed by atoms with Crippen molar-refractivity contribution in [2.45, 2.75) is 18.6 Å². The summed E-state index contributed by atoms with van der Waals surface area (Å²) in [5.41, 5.74) is 1.21. The second-order valence-corrected chi connectivity index (χ2v) is 6.94. The van der Waals surface area contributed by atoms with Crippen LogP contribution in [0.5, 0.6) is 5.75 Å². The van der Waals surface area contributed by atoms with Gasteiger partial charge in [0.1, 0.15) is 17.7 Å². The number of nitrogens with zero attached hydrogens (tertiary/aromatic N) is 3. The lowest BCUT2D eigenvalue weighted by molar-refractivity contribution is -0.123. The first-order chi connectivity index (χ1) is 12.7. The molecule has 26 heavy (non-hydrogen) atoms. The Balaban J connectivity index is 1.31. The summed E-state index contributed by atoms with van der Waals surface area (Å²) < 4.78 is 7.91. The van der Waals surface area contributed by atoms with Crippen molar-refractivity contribution in [3.8, 4) is 5.75 Å². The Hall–Kier alpha value is -2.38. The molecule has 4 rings (SSSR count). The van der Waals surface area contributed by atoms with Crippen LogP contribution in [0.3, 0.4) is 0 Å². The molecule has 138 valence electrons. The molecule has 1 amide bonds. The second-order valence-electron chi connectivity index (χ2n) is 6.94. The van der Waals surface area contributed by atoms with Crippen LogP contribution in [0.2, 0.25) is 0 Å². The summed E-state index contributed by atoms with van der Waals surface area (Å²) >= 11 is 0. The fourth-order valence-electron chi connectivity index (χ4n) is 3.72. The fraction of sp³-hybridized carbons (Fsp3) is 0.474. The number of fused-ring (bicyclic) bond motifs is 1. The molecule has 1 aromatic heterocycles. The van der Waals surface area contributed by atoms with Crippen LogP contribution < -0.4 is 15.4 Å². The molecule has 2 aromatic rings. The molecule has 1 fully saturated rings. The maximum absolute atomic E-state index is 12.5. The Morgan fingerprint density at radius 2 is 2.31 bits per heavy atom. The summed E-state index contributed by atoms with van der Waals surface area (Å²) in [6, 6.07) is 8.17. The summed E-state index contributed by atoms with van der Waals surface area (Å²) in [5.74, 6) is 1.95. The average Bonchev–Trinajstić information content (AvgIpc) is 3.26. The highest BCUT2D eigenvalue weighted by Gasteiger charge is 2.29. The van der Waals surface area contributed by atoms with Gasteiger partial charge in [0.25, 0.3) is 0 Å². The number of ether oxygens (including phenoxy) is 1. The van der Waals surface area contributed by atoms with Gasteiger partial charge in [-0.25, -0.2) is 4.98 Å². The van der Waals surface area contributed by atoms with E-state index < -0.39 is 0 Å². The maximum Gasteiger partial charge on any atom is 0.234 e. The van der Waals surface area contributed by atoms with E-state index in [4.69, 9.17) is 4.74 Å². The van der Waals surface area contributed by atoms with Gasteiger partial charge in [-0.1, -0.05) is 18.2 Å². The second kappa shape index (κ2) is 7.47. The van der Waals surface area contributed by atoms with Crippen LogP contribution in [0.15, 0.2) is 36.7 Å². The normalized spacial score (nSPS) is 22.7. The van der Waals surface area contributed by atoms with Crippen LogP contribution >= 0.6 is 0 Å². The van der Waals surface area contributed by atoms with Gasteiger partial charge in [0, 0.05) is 45.5 Å². The molecule has 2 unspecified atom stereocenters. The Morgan fingerprint density at radius 3 is 3.12 bits per heavy atom. The van der Waals surface area contributed by atoms with Crippen LogP contribution in [-0.2, 0) is 18.3 Å². The molecule has 2 atom stereocenters. The summed E-state index contributed by atoms with van der Waals surface area (Å²) in [6.07, 6.45) is 4.61. The molecule has 0 aliphatic carbocycles. The number of piperazine rings is 1. The van der Waals surface area contributed by atoms with Crippen molar-refractivity contribution in [2.75, 3.05) is 32.7 Å². The smallest absolute Gasteiger partial charge is 0.234 e. The van der Waals surface area contributed by atoms with Crippen molar-refractivity contribution in [3.05, 3.63) is 48.0 Å². The number of carbonyl (C=O) groups is 1.